The van der Waals surface area contributed by atoms with Crippen LogP contribution in [0.3, 0.4) is 0 Å². The van der Waals surface area contributed by atoms with Crippen molar-refractivity contribution in [3.05, 3.63) is 70.1 Å². The van der Waals surface area contributed by atoms with Gasteiger partial charge in [-0.15, -0.1) is 0 Å². The Morgan fingerprint density at radius 3 is 2.46 bits per heavy atom. The van der Waals surface area contributed by atoms with E-state index in [1.807, 2.05) is 37.1 Å². The minimum atomic E-state index is -0.275. The van der Waals surface area contributed by atoms with E-state index in [1.54, 1.807) is 47.3 Å². The van der Waals surface area contributed by atoms with Crippen LogP contribution in [-0.4, -0.2) is 77.2 Å². The normalized spacial score (nSPS) is 17.6. The van der Waals surface area contributed by atoms with Gasteiger partial charge in [-0.1, -0.05) is 19.1 Å². The summed E-state index contributed by atoms with van der Waals surface area (Å²) >= 11 is 0. The van der Waals surface area contributed by atoms with Gasteiger partial charge < -0.3 is 24.4 Å². The van der Waals surface area contributed by atoms with E-state index in [-0.39, 0.29) is 29.4 Å². The van der Waals surface area contributed by atoms with Crippen LogP contribution in [0.25, 0.3) is 11.3 Å². The highest BCUT2D eigenvalue weighted by Crippen LogP contribution is 2.33. The molecule has 39 heavy (non-hydrogen) atoms. The lowest BCUT2D eigenvalue weighted by Crippen LogP contribution is -2.40. The van der Waals surface area contributed by atoms with E-state index in [1.165, 1.54) is 4.57 Å². The van der Waals surface area contributed by atoms with Gasteiger partial charge in [0.15, 0.2) is 5.82 Å². The molecule has 2 fully saturated rings. The third-order valence-corrected chi connectivity index (χ3v) is 7.58. The third-order valence-electron chi connectivity index (χ3n) is 7.58. The molecule has 0 aliphatic carbocycles. The maximum absolute atomic E-state index is 13.0. The summed E-state index contributed by atoms with van der Waals surface area (Å²) in [6.45, 7) is 6.93. The highest BCUT2D eigenvalue weighted by atomic mass is 16.5. The number of likely N-dealkylation sites (N-methyl/N-ethyl adjacent to an activating group) is 1. The standard InChI is InChI=1S/C29H34N6O4/c1-5-22-17-35(29(38)33(22)4)25-8-6-7-23(19(25)2)24-18-32(3)28(37)26(31-24)30-21-11-9-20(10-12-21)27(36)34-13-15-39-16-14-34/h6-12,18,22H,5,13-17H2,1-4H3,(H,30,31). The molecule has 2 aliphatic rings. The number of carbonyl (C=O) groups excluding carboxylic acids is 2. The van der Waals surface area contributed by atoms with Gasteiger partial charge in [0.2, 0.25) is 0 Å². The average molecular weight is 531 g/mol. The van der Waals surface area contributed by atoms with Crippen molar-refractivity contribution in [1.29, 1.82) is 0 Å². The van der Waals surface area contributed by atoms with Crippen molar-refractivity contribution in [2.75, 3.05) is 50.1 Å². The second-order valence-corrected chi connectivity index (χ2v) is 10.0. The topological polar surface area (TPSA) is 100 Å². The number of rotatable bonds is 6. The Bertz CT molecular complexity index is 1450. The van der Waals surface area contributed by atoms with Gasteiger partial charge in [-0.25, -0.2) is 9.78 Å². The van der Waals surface area contributed by atoms with E-state index in [2.05, 4.69) is 17.2 Å². The summed E-state index contributed by atoms with van der Waals surface area (Å²) in [6, 6.07) is 13.0. The van der Waals surface area contributed by atoms with E-state index in [9.17, 15) is 14.4 Å². The molecule has 0 bridgehead atoms. The number of morpholine rings is 1. The Balaban J connectivity index is 1.41. The van der Waals surface area contributed by atoms with Crippen molar-refractivity contribution in [2.45, 2.75) is 26.3 Å². The second-order valence-electron chi connectivity index (χ2n) is 10.0. The zero-order valence-corrected chi connectivity index (χ0v) is 22.8. The molecular formula is C29H34N6O4. The molecular weight excluding hydrogens is 496 g/mol. The highest BCUT2D eigenvalue weighted by Gasteiger charge is 2.35. The van der Waals surface area contributed by atoms with Crippen LogP contribution < -0.4 is 15.8 Å². The number of benzene rings is 2. The van der Waals surface area contributed by atoms with Gasteiger partial charge in [0.05, 0.1) is 24.9 Å². The van der Waals surface area contributed by atoms with Crippen LogP contribution in [0.2, 0.25) is 0 Å². The number of aromatic nitrogens is 2. The molecule has 0 saturated carbocycles. The van der Waals surface area contributed by atoms with Crippen LogP contribution in [0.4, 0.5) is 22.0 Å². The molecule has 1 atom stereocenters. The fourth-order valence-electron chi connectivity index (χ4n) is 5.15. The summed E-state index contributed by atoms with van der Waals surface area (Å²) in [5, 5.41) is 3.12. The summed E-state index contributed by atoms with van der Waals surface area (Å²) in [6.07, 6.45) is 2.59. The zero-order chi connectivity index (χ0) is 27.7. The molecule has 3 heterocycles. The predicted octanol–water partition coefficient (Wildman–Crippen LogP) is 3.62. The van der Waals surface area contributed by atoms with Crippen molar-refractivity contribution >= 4 is 29.1 Å². The maximum atomic E-state index is 13.0. The first-order valence-electron chi connectivity index (χ1n) is 13.2. The number of anilines is 3. The summed E-state index contributed by atoms with van der Waals surface area (Å²) in [5.41, 5.74) is 4.17. The molecule has 1 unspecified atom stereocenters. The van der Waals surface area contributed by atoms with Crippen molar-refractivity contribution in [3.63, 3.8) is 0 Å². The molecule has 2 saturated heterocycles. The molecule has 0 spiro atoms. The largest absolute Gasteiger partial charge is 0.378 e. The van der Waals surface area contributed by atoms with Crippen LogP contribution >= 0.6 is 0 Å². The van der Waals surface area contributed by atoms with Gasteiger partial charge in [0, 0.05) is 62.4 Å². The molecule has 2 aromatic carbocycles. The van der Waals surface area contributed by atoms with Crippen LogP contribution in [0.15, 0.2) is 53.5 Å². The van der Waals surface area contributed by atoms with Crippen molar-refractivity contribution in [1.82, 2.24) is 19.4 Å². The molecule has 10 nitrogen and oxygen atoms in total. The number of hydrogen-bond acceptors (Lipinski definition) is 6. The number of aryl methyl sites for hydroxylation is 1. The maximum Gasteiger partial charge on any atom is 0.324 e. The number of nitrogens with one attached hydrogen (secondary N) is 1. The minimum absolute atomic E-state index is 0.0200. The van der Waals surface area contributed by atoms with Crippen molar-refractivity contribution in [3.8, 4) is 11.3 Å². The smallest absolute Gasteiger partial charge is 0.324 e. The first kappa shape index (κ1) is 26.4. The monoisotopic (exact) mass is 530 g/mol. The van der Waals surface area contributed by atoms with Gasteiger partial charge in [-0.2, -0.15) is 0 Å². The molecule has 204 valence electrons. The zero-order valence-electron chi connectivity index (χ0n) is 22.8. The number of hydrogen-bond donors (Lipinski definition) is 1. The second kappa shape index (κ2) is 10.9. The number of urea groups is 1. The Morgan fingerprint density at radius 2 is 1.79 bits per heavy atom. The summed E-state index contributed by atoms with van der Waals surface area (Å²) < 4.78 is 6.82. The first-order chi connectivity index (χ1) is 18.8. The van der Waals surface area contributed by atoms with Gasteiger partial charge in [0.25, 0.3) is 11.5 Å². The number of amides is 3. The van der Waals surface area contributed by atoms with Crippen LogP contribution in [-0.2, 0) is 11.8 Å². The molecule has 5 rings (SSSR count). The lowest BCUT2D eigenvalue weighted by Gasteiger charge is -2.26. The SMILES string of the molecule is CCC1CN(c2cccc(-c3cn(C)c(=O)c(Nc4ccc(C(=O)N5CCOCC5)cc4)n3)c2C)C(=O)N1C. The van der Waals surface area contributed by atoms with E-state index in [0.29, 0.717) is 49.8 Å². The van der Waals surface area contributed by atoms with Gasteiger partial charge >= 0.3 is 6.03 Å². The van der Waals surface area contributed by atoms with Gasteiger partial charge in [0.1, 0.15) is 0 Å². The van der Waals surface area contributed by atoms with E-state index >= 15 is 0 Å². The quantitative estimate of drug-likeness (QED) is 0.523. The molecule has 2 aliphatic heterocycles. The number of carbonyl (C=O) groups is 2. The van der Waals surface area contributed by atoms with Crippen LogP contribution in [0.5, 0.6) is 0 Å². The van der Waals surface area contributed by atoms with Crippen LogP contribution in [0.1, 0.15) is 29.3 Å². The average Bonchev–Trinajstić information content (AvgIpc) is 3.24. The number of ether oxygens (including phenoxy) is 1. The minimum Gasteiger partial charge on any atom is -0.378 e. The predicted molar refractivity (Wildman–Crippen MR) is 151 cm³/mol. The van der Waals surface area contributed by atoms with Gasteiger partial charge in [-0.3, -0.25) is 14.5 Å². The Hall–Kier alpha value is -4.18. The fourth-order valence-corrected chi connectivity index (χ4v) is 5.15. The molecule has 0 radical (unpaired) electrons. The Labute approximate surface area is 227 Å². The van der Waals surface area contributed by atoms with Gasteiger partial charge in [-0.05, 0) is 49.2 Å². The molecule has 1 N–H and O–H groups in total. The summed E-state index contributed by atoms with van der Waals surface area (Å²) in [4.78, 5) is 48.7. The highest BCUT2D eigenvalue weighted by molar-refractivity contribution is 5.96. The molecule has 1 aromatic heterocycles. The van der Waals surface area contributed by atoms with E-state index in [4.69, 9.17) is 4.74 Å². The molecule has 3 aromatic rings. The summed E-state index contributed by atoms with van der Waals surface area (Å²) in [5.74, 6) is 0.138. The number of nitrogens with zero attached hydrogens (tertiary/aromatic N) is 5. The summed E-state index contributed by atoms with van der Waals surface area (Å²) in [7, 11) is 3.53. The fraction of sp³-hybridized carbons (Fsp3) is 0.379. The molecule has 10 heteroatoms. The van der Waals surface area contributed by atoms with E-state index < -0.39 is 0 Å². The van der Waals surface area contributed by atoms with E-state index in [0.717, 1.165) is 23.2 Å². The van der Waals surface area contributed by atoms with Crippen LogP contribution in [0, 0.1) is 6.92 Å². The Kier molecular flexibility index (Phi) is 7.38. The lowest BCUT2D eigenvalue weighted by molar-refractivity contribution is 0.0303. The molecule has 3 amide bonds. The lowest BCUT2D eigenvalue weighted by atomic mass is 10.0. The van der Waals surface area contributed by atoms with Crippen molar-refractivity contribution in [2.24, 2.45) is 7.05 Å². The first-order valence-corrected chi connectivity index (χ1v) is 13.2. The third kappa shape index (κ3) is 5.12. The Morgan fingerprint density at radius 1 is 1.08 bits per heavy atom. The van der Waals surface area contributed by atoms with Crippen molar-refractivity contribution < 1.29 is 14.3 Å².